The van der Waals surface area contributed by atoms with Crippen LogP contribution in [0.1, 0.15) is 52.0 Å². The largest absolute Gasteiger partial charge is 0.490 e. The van der Waals surface area contributed by atoms with E-state index in [1.54, 1.807) is 4.90 Å². The van der Waals surface area contributed by atoms with Gasteiger partial charge in [-0.1, -0.05) is 30.3 Å². The van der Waals surface area contributed by atoms with E-state index in [4.69, 9.17) is 9.47 Å². The third-order valence-corrected chi connectivity index (χ3v) is 7.42. The summed E-state index contributed by atoms with van der Waals surface area (Å²) in [6, 6.07) is 16.1. The lowest BCUT2D eigenvalue weighted by molar-refractivity contribution is -0.137. The second-order valence-corrected chi connectivity index (χ2v) is 11.3. The Balaban J connectivity index is 1.16. The first-order valence-electron chi connectivity index (χ1n) is 13.6. The van der Waals surface area contributed by atoms with Crippen LogP contribution in [0.4, 0.5) is 4.79 Å². The maximum atomic E-state index is 13.3. The third kappa shape index (κ3) is 5.62. The van der Waals surface area contributed by atoms with Crippen molar-refractivity contribution in [2.75, 3.05) is 19.6 Å². The monoisotopic (exact) mass is 515 g/mol. The van der Waals surface area contributed by atoms with Gasteiger partial charge in [-0.2, -0.15) is 0 Å². The predicted octanol–water partition coefficient (Wildman–Crippen LogP) is 5.98. The number of ether oxygens (including phenoxy) is 2. The fraction of sp³-hybridized carbons (Fsp3) is 0.452. The Labute approximate surface area is 224 Å². The summed E-state index contributed by atoms with van der Waals surface area (Å²) in [6.45, 7) is 9.47. The number of piperidine rings is 1. The van der Waals surface area contributed by atoms with Gasteiger partial charge in [-0.15, -0.1) is 0 Å². The fourth-order valence-electron chi connectivity index (χ4n) is 5.48. The molecule has 2 saturated heterocycles. The van der Waals surface area contributed by atoms with Gasteiger partial charge in [0, 0.05) is 44.1 Å². The summed E-state index contributed by atoms with van der Waals surface area (Å²) in [5, 5.41) is 1.14. The summed E-state index contributed by atoms with van der Waals surface area (Å²) in [5.74, 6) is 0.860. The lowest BCUT2D eigenvalue weighted by Gasteiger charge is -2.36. The van der Waals surface area contributed by atoms with Crippen LogP contribution >= 0.6 is 0 Å². The molecular formula is C31H37N3O4. The number of likely N-dealkylation sites (tertiary alicyclic amines) is 2. The summed E-state index contributed by atoms with van der Waals surface area (Å²) in [7, 11) is 0. The van der Waals surface area contributed by atoms with Gasteiger partial charge >= 0.3 is 6.09 Å². The molecule has 2 aromatic carbocycles. The van der Waals surface area contributed by atoms with E-state index in [-0.39, 0.29) is 12.0 Å². The van der Waals surface area contributed by atoms with Crippen molar-refractivity contribution in [3.05, 3.63) is 60.3 Å². The molecule has 3 heterocycles. The van der Waals surface area contributed by atoms with Crippen molar-refractivity contribution in [1.29, 1.82) is 0 Å². The molecule has 0 saturated carbocycles. The summed E-state index contributed by atoms with van der Waals surface area (Å²) in [4.78, 5) is 33.9. The molecule has 7 heteroatoms. The Morgan fingerprint density at radius 1 is 0.947 bits per heavy atom. The normalized spacial score (nSPS) is 18.6. The lowest BCUT2D eigenvalue weighted by Crippen LogP contribution is -2.51. The quantitative estimate of drug-likeness (QED) is 0.427. The van der Waals surface area contributed by atoms with Gasteiger partial charge in [-0.05, 0) is 75.4 Å². The Morgan fingerprint density at radius 3 is 2.39 bits per heavy atom. The summed E-state index contributed by atoms with van der Waals surface area (Å²) >= 11 is 0. The molecule has 0 radical (unpaired) electrons. The number of aromatic nitrogens is 1. The number of hydrogen-bond donors (Lipinski definition) is 0. The fourth-order valence-corrected chi connectivity index (χ4v) is 5.48. The number of fused-ring (bicyclic) bond motifs is 1. The molecule has 200 valence electrons. The molecule has 0 spiro atoms. The summed E-state index contributed by atoms with van der Waals surface area (Å²) < 4.78 is 11.8. The first-order chi connectivity index (χ1) is 18.2. The van der Waals surface area contributed by atoms with E-state index in [9.17, 15) is 9.59 Å². The number of nitrogens with zero attached hydrogens (tertiary/aromatic N) is 3. The number of carbonyl (C=O) groups excluding carboxylic acids is 2. The molecule has 2 fully saturated rings. The average molecular weight is 516 g/mol. The number of rotatable bonds is 4. The van der Waals surface area contributed by atoms with E-state index >= 15 is 0 Å². The number of pyridine rings is 1. The van der Waals surface area contributed by atoms with Crippen LogP contribution in [0.15, 0.2) is 54.7 Å². The summed E-state index contributed by atoms with van der Waals surface area (Å²) in [6.07, 6.45) is 4.53. The van der Waals surface area contributed by atoms with Crippen LogP contribution in [0.25, 0.3) is 22.0 Å². The minimum Gasteiger partial charge on any atom is -0.490 e. The number of amides is 2. The van der Waals surface area contributed by atoms with Crippen molar-refractivity contribution >= 4 is 22.9 Å². The highest BCUT2D eigenvalue weighted by molar-refractivity contribution is 5.88. The van der Waals surface area contributed by atoms with Crippen molar-refractivity contribution in [2.45, 2.75) is 71.1 Å². The Bertz CT molecular complexity index is 1310. The molecular weight excluding hydrogens is 478 g/mol. The van der Waals surface area contributed by atoms with Gasteiger partial charge in [0.25, 0.3) is 0 Å². The van der Waals surface area contributed by atoms with Crippen molar-refractivity contribution in [2.24, 2.45) is 0 Å². The van der Waals surface area contributed by atoms with Crippen LogP contribution < -0.4 is 4.74 Å². The highest BCUT2D eigenvalue weighted by Gasteiger charge is 2.39. The molecule has 3 aromatic rings. The van der Waals surface area contributed by atoms with Gasteiger partial charge in [0.1, 0.15) is 23.5 Å². The van der Waals surface area contributed by atoms with E-state index in [2.05, 4.69) is 42.2 Å². The van der Waals surface area contributed by atoms with Crippen LogP contribution in [0.5, 0.6) is 5.75 Å². The highest BCUT2D eigenvalue weighted by atomic mass is 16.6. The van der Waals surface area contributed by atoms with Crippen molar-refractivity contribution in [3.8, 4) is 16.9 Å². The zero-order chi connectivity index (χ0) is 26.9. The van der Waals surface area contributed by atoms with Crippen molar-refractivity contribution in [3.63, 3.8) is 0 Å². The standard InChI is InChI=1S/C31H37N3O4/c1-21-26(14-11-23-7-5-17-32-28(21)23)22-9-12-24(13-10-22)37-25-15-19-33(20-16-25)29(35)27-8-6-18-34(27)30(36)38-31(2,3)4/h5,7,9-14,17,25,27H,6,8,15-16,18-20H2,1-4H3/t27-/m1/s1. The average Bonchev–Trinajstić information content (AvgIpc) is 3.39. The molecule has 38 heavy (non-hydrogen) atoms. The summed E-state index contributed by atoms with van der Waals surface area (Å²) in [5.41, 5.74) is 3.92. The Kier molecular flexibility index (Phi) is 7.28. The van der Waals surface area contributed by atoms with Gasteiger partial charge in [-0.3, -0.25) is 14.7 Å². The van der Waals surface area contributed by atoms with Crippen LogP contribution in [-0.4, -0.2) is 64.2 Å². The SMILES string of the molecule is Cc1c(-c2ccc(OC3CCN(C(=O)[C@H]4CCCN4C(=O)OC(C)(C)C)CC3)cc2)ccc2cccnc12. The molecule has 1 aromatic heterocycles. The minimum absolute atomic E-state index is 0.0245. The van der Waals surface area contributed by atoms with Crippen molar-refractivity contribution < 1.29 is 19.1 Å². The minimum atomic E-state index is -0.577. The number of carbonyl (C=O) groups is 2. The molecule has 0 bridgehead atoms. The highest BCUT2D eigenvalue weighted by Crippen LogP contribution is 2.31. The Morgan fingerprint density at radius 2 is 1.68 bits per heavy atom. The zero-order valence-electron chi connectivity index (χ0n) is 22.8. The first kappa shape index (κ1) is 26.0. The van der Waals surface area contributed by atoms with Gasteiger partial charge < -0.3 is 14.4 Å². The van der Waals surface area contributed by atoms with E-state index in [0.29, 0.717) is 26.1 Å². The maximum absolute atomic E-state index is 13.3. The van der Waals surface area contributed by atoms with E-state index in [0.717, 1.165) is 41.5 Å². The lowest BCUT2D eigenvalue weighted by atomic mass is 9.98. The van der Waals surface area contributed by atoms with Crippen molar-refractivity contribution in [1.82, 2.24) is 14.8 Å². The van der Waals surface area contributed by atoms with E-state index < -0.39 is 17.7 Å². The molecule has 7 nitrogen and oxygen atoms in total. The molecule has 2 amide bonds. The molecule has 2 aliphatic heterocycles. The number of benzene rings is 2. The third-order valence-electron chi connectivity index (χ3n) is 7.42. The van der Waals surface area contributed by atoms with Crippen LogP contribution in [0.2, 0.25) is 0 Å². The van der Waals surface area contributed by atoms with Gasteiger partial charge in [0.2, 0.25) is 5.91 Å². The maximum Gasteiger partial charge on any atom is 0.410 e. The molecule has 0 aliphatic carbocycles. The van der Waals surface area contributed by atoms with Crippen LogP contribution in [-0.2, 0) is 9.53 Å². The number of hydrogen-bond acceptors (Lipinski definition) is 5. The molecule has 0 unspecified atom stereocenters. The van der Waals surface area contributed by atoms with Gasteiger partial charge in [-0.25, -0.2) is 4.79 Å². The molecule has 5 rings (SSSR count). The second kappa shape index (κ2) is 10.6. The topological polar surface area (TPSA) is 72.0 Å². The van der Waals surface area contributed by atoms with E-state index in [1.165, 1.54) is 11.1 Å². The van der Waals surface area contributed by atoms with Gasteiger partial charge in [0.15, 0.2) is 0 Å². The zero-order valence-corrected chi connectivity index (χ0v) is 22.8. The Hall–Kier alpha value is -3.61. The molecule has 0 N–H and O–H groups in total. The predicted molar refractivity (Wildman–Crippen MR) is 148 cm³/mol. The van der Waals surface area contributed by atoms with Gasteiger partial charge in [0.05, 0.1) is 5.52 Å². The van der Waals surface area contributed by atoms with Crippen LogP contribution in [0.3, 0.4) is 0 Å². The first-order valence-corrected chi connectivity index (χ1v) is 13.6. The van der Waals surface area contributed by atoms with Crippen LogP contribution in [0, 0.1) is 6.92 Å². The number of aryl methyl sites for hydroxylation is 1. The molecule has 1 atom stereocenters. The second-order valence-electron chi connectivity index (χ2n) is 11.3. The van der Waals surface area contributed by atoms with E-state index in [1.807, 2.05) is 50.1 Å². The smallest absolute Gasteiger partial charge is 0.410 e. The molecule has 2 aliphatic rings.